The Balaban J connectivity index is 1.72. The van der Waals surface area contributed by atoms with Gasteiger partial charge in [-0.15, -0.1) is 5.10 Å². The SMILES string of the molecule is O=C(Nc1ccc(SC(F)F)cc1)c1cccc(-n2cnnn2)c1. The van der Waals surface area contributed by atoms with Crippen LogP contribution in [0.5, 0.6) is 0 Å². The molecule has 1 N–H and O–H groups in total. The monoisotopic (exact) mass is 347 g/mol. The molecular weight excluding hydrogens is 336 g/mol. The number of nitrogens with zero attached hydrogens (tertiary/aromatic N) is 4. The van der Waals surface area contributed by atoms with Crippen molar-refractivity contribution in [2.45, 2.75) is 10.7 Å². The Kier molecular flexibility index (Phi) is 4.80. The molecule has 0 fully saturated rings. The largest absolute Gasteiger partial charge is 0.322 e. The van der Waals surface area contributed by atoms with Crippen LogP contribution in [0.15, 0.2) is 59.8 Å². The molecule has 6 nitrogen and oxygen atoms in total. The van der Waals surface area contributed by atoms with Crippen molar-refractivity contribution in [1.82, 2.24) is 20.2 Å². The van der Waals surface area contributed by atoms with Gasteiger partial charge in [0.25, 0.3) is 11.7 Å². The summed E-state index contributed by atoms with van der Waals surface area (Å²) in [6.45, 7) is 0. The molecule has 0 unspecified atom stereocenters. The third-order valence-electron chi connectivity index (χ3n) is 3.06. The van der Waals surface area contributed by atoms with Crippen molar-refractivity contribution in [3.63, 3.8) is 0 Å². The molecule has 9 heteroatoms. The highest BCUT2D eigenvalue weighted by atomic mass is 32.2. The lowest BCUT2D eigenvalue weighted by atomic mass is 10.2. The number of rotatable bonds is 5. The summed E-state index contributed by atoms with van der Waals surface area (Å²) in [4.78, 5) is 12.7. The number of carbonyl (C=O) groups excluding carboxylic acids is 1. The number of hydrogen-bond acceptors (Lipinski definition) is 5. The van der Waals surface area contributed by atoms with Crippen LogP contribution in [0.4, 0.5) is 14.5 Å². The van der Waals surface area contributed by atoms with Crippen LogP contribution in [0.2, 0.25) is 0 Å². The quantitative estimate of drug-likeness (QED) is 0.718. The van der Waals surface area contributed by atoms with Crippen molar-refractivity contribution < 1.29 is 13.6 Å². The number of thioether (sulfide) groups is 1. The number of carbonyl (C=O) groups is 1. The summed E-state index contributed by atoms with van der Waals surface area (Å²) in [6.07, 6.45) is 1.43. The second kappa shape index (κ2) is 7.18. The summed E-state index contributed by atoms with van der Waals surface area (Å²) < 4.78 is 26.0. The molecule has 1 aromatic heterocycles. The van der Waals surface area contributed by atoms with Crippen LogP contribution >= 0.6 is 11.8 Å². The van der Waals surface area contributed by atoms with E-state index in [2.05, 4.69) is 20.8 Å². The first-order valence-corrected chi connectivity index (χ1v) is 7.69. The third-order valence-corrected chi connectivity index (χ3v) is 3.78. The van der Waals surface area contributed by atoms with Crippen LogP contribution in [0, 0.1) is 0 Å². The first-order chi connectivity index (χ1) is 11.6. The molecule has 0 aliphatic carbocycles. The molecule has 0 aliphatic heterocycles. The molecule has 0 spiro atoms. The average molecular weight is 347 g/mol. The average Bonchev–Trinajstić information content (AvgIpc) is 3.11. The van der Waals surface area contributed by atoms with Gasteiger partial charge in [0.05, 0.1) is 5.69 Å². The molecule has 24 heavy (non-hydrogen) atoms. The summed E-state index contributed by atoms with van der Waals surface area (Å²) in [7, 11) is 0. The van der Waals surface area contributed by atoms with E-state index in [1.807, 2.05) is 0 Å². The molecule has 0 aliphatic rings. The molecule has 1 amide bonds. The minimum atomic E-state index is -2.47. The maximum absolute atomic E-state index is 12.3. The Bertz CT molecular complexity index is 824. The first-order valence-electron chi connectivity index (χ1n) is 6.81. The minimum Gasteiger partial charge on any atom is -0.322 e. The maximum atomic E-state index is 12.3. The molecule has 2 aromatic carbocycles. The fourth-order valence-corrected chi connectivity index (χ4v) is 2.49. The van der Waals surface area contributed by atoms with Gasteiger partial charge in [-0.25, -0.2) is 4.68 Å². The summed E-state index contributed by atoms with van der Waals surface area (Å²) in [5.74, 6) is -2.79. The second-order valence-corrected chi connectivity index (χ2v) is 5.73. The number of halogens is 2. The summed E-state index contributed by atoms with van der Waals surface area (Å²) in [5.41, 5.74) is 1.59. The van der Waals surface area contributed by atoms with E-state index in [-0.39, 0.29) is 5.91 Å². The van der Waals surface area contributed by atoms with Crippen LogP contribution < -0.4 is 5.32 Å². The fourth-order valence-electron chi connectivity index (χ4n) is 1.99. The number of alkyl halides is 2. The Morgan fingerprint density at radius 3 is 2.62 bits per heavy atom. The van der Waals surface area contributed by atoms with E-state index < -0.39 is 5.76 Å². The van der Waals surface area contributed by atoms with Crippen molar-refractivity contribution in [1.29, 1.82) is 0 Å². The number of anilines is 1. The van der Waals surface area contributed by atoms with Crippen molar-refractivity contribution >= 4 is 23.4 Å². The van der Waals surface area contributed by atoms with Gasteiger partial charge in [-0.2, -0.15) is 8.78 Å². The Hall–Kier alpha value is -2.81. The molecule has 0 atom stereocenters. The predicted octanol–water partition coefficient (Wildman–Crippen LogP) is 3.23. The zero-order chi connectivity index (χ0) is 16.9. The van der Waals surface area contributed by atoms with Crippen molar-refractivity contribution in [3.8, 4) is 5.69 Å². The molecule has 0 bridgehead atoms. The van der Waals surface area contributed by atoms with Gasteiger partial charge in [0.2, 0.25) is 0 Å². The lowest BCUT2D eigenvalue weighted by Crippen LogP contribution is -2.12. The Morgan fingerprint density at radius 2 is 1.96 bits per heavy atom. The number of tetrazole rings is 1. The minimum absolute atomic E-state index is 0.320. The highest BCUT2D eigenvalue weighted by Crippen LogP contribution is 2.26. The van der Waals surface area contributed by atoms with Gasteiger partial charge in [-0.3, -0.25) is 4.79 Å². The molecule has 122 valence electrons. The van der Waals surface area contributed by atoms with Gasteiger partial charge in [-0.1, -0.05) is 17.8 Å². The van der Waals surface area contributed by atoms with E-state index in [1.165, 1.54) is 23.1 Å². The zero-order valence-electron chi connectivity index (χ0n) is 12.1. The van der Waals surface area contributed by atoms with Crippen LogP contribution in [-0.2, 0) is 0 Å². The number of hydrogen-bond donors (Lipinski definition) is 1. The number of nitrogens with one attached hydrogen (secondary N) is 1. The van der Waals surface area contributed by atoms with Crippen LogP contribution in [0.1, 0.15) is 10.4 Å². The Morgan fingerprint density at radius 1 is 1.17 bits per heavy atom. The second-order valence-electron chi connectivity index (χ2n) is 4.66. The normalized spacial score (nSPS) is 10.8. The van der Waals surface area contributed by atoms with Gasteiger partial charge in [0.1, 0.15) is 6.33 Å². The van der Waals surface area contributed by atoms with Gasteiger partial charge in [-0.05, 0) is 52.9 Å². The highest BCUT2D eigenvalue weighted by Gasteiger charge is 2.09. The third kappa shape index (κ3) is 3.93. The van der Waals surface area contributed by atoms with Crippen LogP contribution in [-0.4, -0.2) is 31.9 Å². The van der Waals surface area contributed by atoms with Crippen LogP contribution in [0.25, 0.3) is 5.69 Å². The van der Waals surface area contributed by atoms with E-state index >= 15 is 0 Å². The summed E-state index contributed by atoms with van der Waals surface area (Å²) >= 11 is 0.455. The topological polar surface area (TPSA) is 72.7 Å². The molecule has 3 aromatic rings. The van der Waals surface area contributed by atoms with Gasteiger partial charge in [0, 0.05) is 16.1 Å². The Labute approximate surface area is 139 Å². The molecule has 3 rings (SSSR count). The molecule has 1 heterocycles. The molecular formula is C15H11F2N5OS. The number of aromatic nitrogens is 4. The van der Waals surface area contributed by atoms with E-state index in [0.717, 1.165) is 0 Å². The van der Waals surface area contributed by atoms with Gasteiger partial charge >= 0.3 is 0 Å². The first kappa shape index (κ1) is 16.1. The number of amides is 1. The van der Waals surface area contributed by atoms with Crippen molar-refractivity contribution in [2.24, 2.45) is 0 Å². The van der Waals surface area contributed by atoms with Gasteiger partial charge in [0.15, 0.2) is 0 Å². The molecule has 0 radical (unpaired) electrons. The van der Waals surface area contributed by atoms with Crippen molar-refractivity contribution in [2.75, 3.05) is 5.32 Å². The number of benzene rings is 2. The smallest absolute Gasteiger partial charge is 0.288 e. The fraction of sp³-hybridized carbons (Fsp3) is 0.0667. The van der Waals surface area contributed by atoms with Crippen LogP contribution in [0.3, 0.4) is 0 Å². The zero-order valence-corrected chi connectivity index (χ0v) is 13.0. The standard InChI is InChI=1S/C15H11F2N5OS/c16-15(17)24-13-6-4-11(5-7-13)19-14(23)10-2-1-3-12(8-10)22-9-18-20-21-22/h1-9,15H,(H,19,23). The lowest BCUT2D eigenvalue weighted by molar-refractivity contribution is 0.102. The molecule has 0 saturated carbocycles. The maximum Gasteiger partial charge on any atom is 0.288 e. The van der Waals surface area contributed by atoms with Gasteiger partial charge < -0.3 is 5.32 Å². The van der Waals surface area contributed by atoms with E-state index in [1.54, 1.807) is 36.4 Å². The van der Waals surface area contributed by atoms with E-state index in [0.29, 0.717) is 33.6 Å². The lowest BCUT2D eigenvalue weighted by Gasteiger charge is -2.07. The van der Waals surface area contributed by atoms with E-state index in [4.69, 9.17) is 0 Å². The predicted molar refractivity (Wildman–Crippen MR) is 85.4 cm³/mol. The van der Waals surface area contributed by atoms with E-state index in [9.17, 15) is 13.6 Å². The summed E-state index contributed by atoms with van der Waals surface area (Å²) in [5, 5.41) is 13.6. The highest BCUT2D eigenvalue weighted by molar-refractivity contribution is 7.99. The summed E-state index contributed by atoms with van der Waals surface area (Å²) in [6, 6.07) is 13.0. The van der Waals surface area contributed by atoms with Crippen molar-refractivity contribution in [3.05, 3.63) is 60.4 Å². The molecule has 0 saturated heterocycles.